The van der Waals surface area contributed by atoms with Crippen molar-refractivity contribution in [2.24, 2.45) is 0 Å². The van der Waals surface area contributed by atoms with Crippen LogP contribution in [0.5, 0.6) is 0 Å². The highest BCUT2D eigenvalue weighted by atomic mass is 32.1. The van der Waals surface area contributed by atoms with E-state index < -0.39 is 0 Å². The first-order valence-electron chi connectivity index (χ1n) is 9.22. The number of hydrogen-bond donors (Lipinski definition) is 1. The van der Waals surface area contributed by atoms with E-state index >= 15 is 0 Å². The molecule has 27 heavy (non-hydrogen) atoms. The average molecular weight is 376 g/mol. The second-order valence-corrected chi connectivity index (χ2v) is 8.19. The van der Waals surface area contributed by atoms with Crippen molar-refractivity contribution in [1.82, 2.24) is 14.8 Å². The Morgan fingerprint density at radius 1 is 1.22 bits per heavy atom. The number of nitrogens with one attached hydrogen (secondary N) is 1. The molecule has 5 rings (SSSR count). The van der Waals surface area contributed by atoms with Gasteiger partial charge in [0, 0.05) is 28.1 Å². The molecular formula is C21H20N4OS. The molecule has 1 atom stereocenters. The second-order valence-electron chi connectivity index (χ2n) is 7.24. The van der Waals surface area contributed by atoms with Gasteiger partial charge in [-0.1, -0.05) is 23.8 Å². The Labute approximate surface area is 161 Å². The van der Waals surface area contributed by atoms with Crippen LogP contribution >= 0.6 is 11.3 Å². The van der Waals surface area contributed by atoms with Crippen molar-refractivity contribution in [3.8, 4) is 11.4 Å². The molecule has 0 fully saturated rings. The normalized spacial score (nSPS) is 18.9. The first kappa shape index (κ1) is 16.4. The molecule has 3 heterocycles. The van der Waals surface area contributed by atoms with Gasteiger partial charge in [-0.2, -0.15) is 4.98 Å². The van der Waals surface area contributed by atoms with Crippen LogP contribution in [-0.2, 0) is 4.79 Å². The van der Waals surface area contributed by atoms with Gasteiger partial charge in [-0.15, -0.1) is 16.4 Å². The first-order chi connectivity index (χ1) is 13.1. The number of fused-ring (bicyclic) bond motifs is 1. The molecule has 0 amide bonds. The summed E-state index contributed by atoms with van der Waals surface area (Å²) >= 11 is 1.68. The average Bonchev–Trinajstić information content (AvgIpc) is 3.26. The summed E-state index contributed by atoms with van der Waals surface area (Å²) in [5.74, 6) is 1.63. The molecular weight excluding hydrogens is 356 g/mol. The number of aryl methyl sites for hydroxylation is 2. The van der Waals surface area contributed by atoms with E-state index in [4.69, 9.17) is 10.1 Å². The maximum absolute atomic E-state index is 12.8. The SMILES string of the molecule is Cc1cccc(-c2nc3n(n2)C(c2sccc2C)C2=C(CCCC2=O)N3)c1. The zero-order valence-electron chi connectivity index (χ0n) is 15.3. The number of anilines is 1. The van der Waals surface area contributed by atoms with Crippen LogP contribution in [0.2, 0.25) is 0 Å². The van der Waals surface area contributed by atoms with Gasteiger partial charge >= 0.3 is 0 Å². The highest BCUT2D eigenvalue weighted by molar-refractivity contribution is 7.10. The number of hydrogen-bond acceptors (Lipinski definition) is 5. The van der Waals surface area contributed by atoms with Crippen LogP contribution in [0, 0.1) is 13.8 Å². The third-order valence-electron chi connectivity index (χ3n) is 5.29. The standard InChI is InChI=1S/C21H20N4OS/c1-12-5-3-6-14(11-12)20-23-21-22-15-7-4-8-16(26)17(15)18(25(21)24-20)19-13(2)9-10-27-19/h3,5-6,9-11,18H,4,7-8H2,1-2H3,(H,22,23,24). The topological polar surface area (TPSA) is 59.8 Å². The zero-order chi connectivity index (χ0) is 18.5. The summed E-state index contributed by atoms with van der Waals surface area (Å²) in [5, 5.41) is 10.3. The van der Waals surface area contributed by atoms with Crippen molar-refractivity contribution >= 4 is 23.1 Å². The molecule has 2 aromatic heterocycles. The summed E-state index contributed by atoms with van der Waals surface area (Å²) in [4.78, 5) is 18.8. The fourth-order valence-electron chi connectivity index (χ4n) is 3.97. The predicted molar refractivity (Wildman–Crippen MR) is 107 cm³/mol. The van der Waals surface area contributed by atoms with Crippen LogP contribution in [0.25, 0.3) is 11.4 Å². The number of thiophene rings is 1. The van der Waals surface area contributed by atoms with E-state index in [1.165, 1.54) is 16.0 Å². The number of Topliss-reactive ketones (excluding diaryl/α,β-unsaturated/α-hetero) is 1. The van der Waals surface area contributed by atoms with E-state index in [0.29, 0.717) is 12.2 Å². The van der Waals surface area contributed by atoms with Crippen molar-refractivity contribution in [3.63, 3.8) is 0 Å². The third-order valence-corrected chi connectivity index (χ3v) is 6.37. The Bertz CT molecular complexity index is 1090. The summed E-state index contributed by atoms with van der Waals surface area (Å²) in [6, 6.07) is 10.1. The fraction of sp³-hybridized carbons (Fsp3) is 0.286. The maximum Gasteiger partial charge on any atom is 0.226 e. The molecule has 1 aromatic carbocycles. The minimum atomic E-state index is -0.185. The Hall–Kier alpha value is -2.73. The van der Waals surface area contributed by atoms with Gasteiger partial charge in [-0.3, -0.25) is 4.79 Å². The second kappa shape index (κ2) is 6.16. The highest BCUT2D eigenvalue weighted by Gasteiger charge is 2.38. The minimum absolute atomic E-state index is 0.185. The fourth-order valence-corrected chi connectivity index (χ4v) is 4.99. The lowest BCUT2D eigenvalue weighted by atomic mass is 9.87. The van der Waals surface area contributed by atoms with Crippen molar-refractivity contribution < 1.29 is 4.79 Å². The zero-order valence-corrected chi connectivity index (χ0v) is 16.1. The quantitative estimate of drug-likeness (QED) is 0.707. The highest BCUT2D eigenvalue weighted by Crippen LogP contribution is 2.43. The molecule has 0 saturated carbocycles. The van der Waals surface area contributed by atoms with E-state index in [0.717, 1.165) is 35.6 Å². The molecule has 6 heteroatoms. The number of aromatic nitrogens is 3. The third kappa shape index (κ3) is 2.63. The van der Waals surface area contributed by atoms with E-state index in [-0.39, 0.29) is 11.8 Å². The Morgan fingerprint density at radius 3 is 2.89 bits per heavy atom. The van der Waals surface area contributed by atoms with Crippen molar-refractivity contribution in [1.29, 1.82) is 0 Å². The predicted octanol–water partition coefficient (Wildman–Crippen LogP) is 4.65. The number of benzene rings is 1. The molecule has 5 nitrogen and oxygen atoms in total. The molecule has 1 N–H and O–H groups in total. The van der Waals surface area contributed by atoms with Crippen LogP contribution in [-0.4, -0.2) is 20.5 Å². The Balaban J connectivity index is 1.69. The van der Waals surface area contributed by atoms with Gasteiger partial charge in [-0.05, 0) is 49.8 Å². The van der Waals surface area contributed by atoms with E-state index in [2.05, 4.69) is 42.7 Å². The summed E-state index contributed by atoms with van der Waals surface area (Å²) in [7, 11) is 0. The minimum Gasteiger partial charge on any atom is -0.328 e. The van der Waals surface area contributed by atoms with Crippen LogP contribution < -0.4 is 5.32 Å². The number of ketones is 1. The number of allylic oxidation sites excluding steroid dienone is 2. The number of carbonyl (C=O) groups excluding carboxylic acids is 1. The lowest BCUT2D eigenvalue weighted by Gasteiger charge is -2.31. The molecule has 0 radical (unpaired) electrons. The number of carbonyl (C=O) groups is 1. The smallest absolute Gasteiger partial charge is 0.226 e. The monoisotopic (exact) mass is 376 g/mol. The van der Waals surface area contributed by atoms with Crippen LogP contribution in [0.4, 0.5) is 5.95 Å². The molecule has 0 bridgehead atoms. The lowest BCUT2D eigenvalue weighted by Crippen LogP contribution is -2.31. The van der Waals surface area contributed by atoms with E-state index in [1.54, 1.807) is 11.3 Å². The molecule has 1 aliphatic heterocycles. The molecule has 136 valence electrons. The molecule has 0 saturated heterocycles. The molecule has 3 aromatic rings. The van der Waals surface area contributed by atoms with Crippen LogP contribution in [0.3, 0.4) is 0 Å². The molecule has 2 aliphatic rings. The summed E-state index contributed by atoms with van der Waals surface area (Å²) < 4.78 is 1.90. The van der Waals surface area contributed by atoms with Gasteiger partial charge in [0.05, 0.1) is 0 Å². The largest absolute Gasteiger partial charge is 0.328 e. The maximum atomic E-state index is 12.8. The van der Waals surface area contributed by atoms with Gasteiger partial charge in [0.15, 0.2) is 11.6 Å². The lowest BCUT2D eigenvalue weighted by molar-refractivity contribution is -0.116. The molecule has 1 unspecified atom stereocenters. The van der Waals surface area contributed by atoms with Gasteiger partial charge in [0.1, 0.15) is 6.04 Å². The van der Waals surface area contributed by atoms with Crippen LogP contribution in [0.1, 0.15) is 41.3 Å². The van der Waals surface area contributed by atoms with Gasteiger partial charge in [-0.25, -0.2) is 4.68 Å². The van der Waals surface area contributed by atoms with Crippen molar-refractivity contribution in [2.75, 3.05) is 5.32 Å². The van der Waals surface area contributed by atoms with Gasteiger partial charge in [0.2, 0.25) is 5.95 Å². The van der Waals surface area contributed by atoms with Crippen molar-refractivity contribution in [2.45, 2.75) is 39.2 Å². The number of rotatable bonds is 2. The Kier molecular flexibility index (Phi) is 3.75. The molecule has 1 aliphatic carbocycles. The summed E-state index contributed by atoms with van der Waals surface area (Å²) in [5.41, 5.74) is 5.23. The summed E-state index contributed by atoms with van der Waals surface area (Å²) in [6.45, 7) is 4.16. The Morgan fingerprint density at radius 2 is 2.11 bits per heavy atom. The summed E-state index contributed by atoms with van der Waals surface area (Å²) in [6.07, 6.45) is 2.38. The van der Waals surface area contributed by atoms with E-state index in [1.807, 2.05) is 16.8 Å². The van der Waals surface area contributed by atoms with Gasteiger partial charge < -0.3 is 5.32 Å². The molecule has 0 spiro atoms. The van der Waals surface area contributed by atoms with Crippen molar-refractivity contribution in [3.05, 3.63) is 63.0 Å². The van der Waals surface area contributed by atoms with E-state index in [9.17, 15) is 4.79 Å². The van der Waals surface area contributed by atoms with Gasteiger partial charge in [0.25, 0.3) is 0 Å². The first-order valence-corrected chi connectivity index (χ1v) is 10.1. The number of nitrogens with zero attached hydrogens (tertiary/aromatic N) is 3. The van der Waals surface area contributed by atoms with Crippen LogP contribution in [0.15, 0.2) is 47.0 Å².